The van der Waals surface area contributed by atoms with Gasteiger partial charge in [0.25, 0.3) is 0 Å². The van der Waals surface area contributed by atoms with Gasteiger partial charge in [-0.3, -0.25) is 4.79 Å². The van der Waals surface area contributed by atoms with E-state index in [0.717, 1.165) is 11.3 Å². The topological polar surface area (TPSA) is 72.9 Å². The molecule has 20 heavy (non-hydrogen) atoms. The van der Waals surface area contributed by atoms with Gasteiger partial charge in [-0.1, -0.05) is 19.1 Å². The molecule has 2 rings (SSSR count). The number of hydrogen-bond acceptors (Lipinski definition) is 3. The Morgan fingerprint density at radius 3 is 2.75 bits per heavy atom. The first-order chi connectivity index (χ1) is 9.69. The van der Waals surface area contributed by atoms with Crippen molar-refractivity contribution in [1.82, 2.24) is 15.1 Å². The van der Waals surface area contributed by atoms with E-state index in [1.54, 1.807) is 10.9 Å². The molecule has 0 saturated carbocycles. The van der Waals surface area contributed by atoms with Crippen molar-refractivity contribution in [2.75, 3.05) is 13.1 Å². The molecule has 0 bridgehead atoms. The number of carbonyl (C=O) groups excluding carboxylic acids is 1. The highest BCUT2D eigenvalue weighted by Gasteiger charge is 2.05. The minimum absolute atomic E-state index is 0.0251. The van der Waals surface area contributed by atoms with Crippen LogP contribution in [0.25, 0.3) is 5.69 Å². The van der Waals surface area contributed by atoms with Crippen LogP contribution in [0.2, 0.25) is 0 Å². The van der Waals surface area contributed by atoms with E-state index in [-0.39, 0.29) is 5.91 Å². The van der Waals surface area contributed by atoms with Crippen molar-refractivity contribution >= 4 is 5.91 Å². The van der Waals surface area contributed by atoms with E-state index >= 15 is 0 Å². The second kappa shape index (κ2) is 6.86. The predicted octanol–water partition coefficient (Wildman–Crippen LogP) is 1.13. The van der Waals surface area contributed by atoms with Gasteiger partial charge in [-0.05, 0) is 36.2 Å². The number of benzene rings is 1. The third kappa shape index (κ3) is 3.93. The Morgan fingerprint density at radius 1 is 1.40 bits per heavy atom. The van der Waals surface area contributed by atoms with Gasteiger partial charge in [0.2, 0.25) is 5.91 Å². The van der Waals surface area contributed by atoms with Crippen molar-refractivity contribution in [1.29, 1.82) is 0 Å². The van der Waals surface area contributed by atoms with Gasteiger partial charge >= 0.3 is 0 Å². The molecule has 0 radical (unpaired) electrons. The predicted molar refractivity (Wildman–Crippen MR) is 78.5 cm³/mol. The molecule has 3 N–H and O–H groups in total. The van der Waals surface area contributed by atoms with Crippen LogP contribution in [0.1, 0.15) is 12.5 Å². The highest BCUT2D eigenvalue weighted by Crippen LogP contribution is 2.09. The third-order valence-corrected chi connectivity index (χ3v) is 3.12. The first-order valence-corrected chi connectivity index (χ1v) is 6.74. The summed E-state index contributed by atoms with van der Waals surface area (Å²) < 4.78 is 1.78. The SMILES string of the molecule is CC(CN)CNC(=O)Cc1ccc(-n2cccn2)cc1. The first kappa shape index (κ1) is 14.3. The van der Waals surface area contributed by atoms with Crippen LogP contribution in [0, 0.1) is 5.92 Å². The van der Waals surface area contributed by atoms with Crippen LogP contribution in [0.15, 0.2) is 42.7 Å². The Balaban J connectivity index is 1.89. The molecule has 1 aromatic carbocycles. The van der Waals surface area contributed by atoms with Crippen LogP contribution in [0.5, 0.6) is 0 Å². The quantitative estimate of drug-likeness (QED) is 0.828. The third-order valence-electron chi connectivity index (χ3n) is 3.12. The number of nitrogens with one attached hydrogen (secondary N) is 1. The Kier molecular flexibility index (Phi) is 4.90. The molecule has 0 saturated heterocycles. The van der Waals surface area contributed by atoms with Crippen molar-refractivity contribution in [3.05, 3.63) is 48.3 Å². The molecule has 0 spiro atoms. The lowest BCUT2D eigenvalue weighted by Gasteiger charge is -2.10. The molecule has 5 heteroatoms. The first-order valence-electron chi connectivity index (χ1n) is 6.74. The maximum atomic E-state index is 11.8. The Labute approximate surface area is 118 Å². The van der Waals surface area contributed by atoms with Gasteiger partial charge in [-0.15, -0.1) is 0 Å². The largest absolute Gasteiger partial charge is 0.356 e. The molecule has 1 amide bonds. The Morgan fingerprint density at radius 2 is 2.15 bits per heavy atom. The number of aromatic nitrogens is 2. The maximum Gasteiger partial charge on any atom is 0.224 e. The minimum Gasteiger partial charge on any atom is -0.356 e. The zero-order chi connectivity index (χ0) is 14.4. The van der Waals surface area contributed by atoms with Crippen LogP contribution in [0.3, 0.4) is 0 Å². The second-order valence-corrected chi connectivity index (χ2v) is 4.94. The van der Waals surface area contributed by atoms with E-state index < -0.39 is 0 Å². The van der Waals surface area contributed by atoms with Crippen LogP contribution in [-0.2, 0) is 11.2 Å². The highest BCUT2D eigenvalue weighted by molar-refractivity contribution is 5.78. The van der Waals surface area contributed by atoms with Gasteiger partial charge in [0.1, 0.15) is 0 Å². The normalized spacial score (nSPS) is 12.1. The number of nitrogens with zero attached hydrogens (tertiary/aromatic N) is 2. The summed E-state index contributed by atoms with van der Waals surface area (Å²) in [5, 5.41) is 7.05. The van der Waals surface area contributed by atoms with Gasteiger partial charge in [0, 0.05) is 18.9 Å². The van der Waals surface area contributed by atoms with Crippen molar-refractivity contribution in [3.8, 4) is 5.69 Å². The summed E-state index contributed by atoms with van der Waals surface area (Å²) in [5.41, 5.74) is 7.48. The highest BCUT2D eigenvalue weighted by atomic mass is 16.1. The molecule has 2 aromatic rings. The van der Waals surface area contributed by atoms with E-state index in [2.05, 4.69) is 10.4 Å². The average Bonchev–Trinajstić information content (AvgIpc) is 2.99. The molecule has 5 nitrogen and oxygen atoms in total. The Hall–Kier alpha value is -2.14. The summed E-state index contributed by atoms with van der Waals surface area (Å²) in [5.74, 6) is 0.332. The van der Waals surface area contributed by atoms with Crippen molar-refractivity contribution in [2.45, 2.75) is 13.3 Å². The van der Waals surface area contributed by atoms with Gasteiger partial charge in [-0.25, -0.2) is 4.68 Å². The van der Waals surface area contributed by atoms with E-state index in [9.17, 15) is 4.79 Å². The molecule has 1 heterocycles. The smallest absolute Gasteiger partial charge is 0.224 e. The zero-order valence-corrected chi connectivity index (χ0v) is 11.6. The molecule has 0 aliphatic carbocycles. The van der Waals surface area contributed by atoms with Crippen molar-refractivity contribution in [3.63, 3.8) is 0 Å². The summed E-state index contributed by atoms with van der Waals surface area (Å²) in [6.07, 6.45) is 4.01. The fraction of sp³-hybridized carbons (Fsp3) is 0.333. The fourth-order valence-electron chi connectivity index (χ4n) is 1.81. The number of rotatable bonds is 6. The van der Waals surface area contributed by atoms with Gasteiger partial charge in [0.15, 0.2) is 0 Å². The summed E-state index contributed by atoms with van der Waals surface area (Å²) in [4.78, 5) is 11.8. The van der Waals surface area contributed by atoms with E-state index in [0.29, 0.717) is 25.4 Å². The molecule has 0 aliphatic rings. The van der Waals surface area contributed by atoms with Crippen LogP contribution >= 0.6 is 0 Å². The van der Waals surface area contributed by atoms with Crippen molar-refractivity contribution < 1.29 is 4.79 Å². The molecule has 0 aliphatic heterocycles. The van der Waals surface area contributed by atoms with Gasteiger partial charge < -0.3 is 11.1 Å². The fourth-order valence-corrected chi connectivity index (χ4v) is 1.81. The Bertz CT molecular complexity index is 534. The molecule has 0 fully saturated rings. The summed E-state index contributed by atoms with van der Waals surface area (Å²) >= 11 is 0. The number of carbonyl (C=O) groups is 1. The molecule has 106 valence electrons. The zero-order valence-electron chi connectivity index (χ0n) is 11.6. The molecular formula is C15H20N4O. The lowest BCUT2D eigenvalue weighted by molar-refractivity contribution is -0.120. The standard InChI is InChI=1S/C15H20N4O/c1-12(10-16)11-17-15(20)9-13-3-5-14(6-4-13)19-8-2-7-18-19/h2-8,12H,9-11,16H2,1H3,(H,17,20). The van der Waals surface area contributed by atoms with E-state index in [1.165, 1.54) is 0 Å². The van der Waals surface area contributed by atoms with Gasteiger partial charge in [0.05, 0.1) is 12.1 Å². The summed E-state index contributed by atoms with van der Waals surface area (Å²) in [6, 6.07) is 9.68. The lowest BCUT2D eigenvalue weighted by Crippen LogP contribution is -2.32. The van der Waals surface area contributed by atoms with E-state index in [4.69, 9.17) is 5.73 Å². The van der Waals surface area contributed by atoms with E-state index in [1.807, 2.05) is 43.5 Å². The van der Waals surface area contributed by atoms with Crippen LogP contribution in [0.4, 0.5) is 0 Å². The number of hydrogen-bond donors (Lipinski definition) is 2. The maximum absolute atomic E-state index is 11.8. The summed E-state index contributed by atoms with van der Waals surface area (Å²) in [7, 11) is 0. The molecule has 1 unspecified atom stereocenters. The van der Waals surface area contributed by atoms with Crippen LogP contribution < -0.4 is 11.1 Å². The van der Waals surface area contributed by atoms with Crippen molar-refractivity contribution in [2.24, 2.45) is 11.7 Å². The molecule has 1 aromatic heterocycles. The molecular weight excluding hydrogens is 252 g/mol. The summed E-state index contributed by atoms with van der Waals surface area (Å²) in [6.45, 7) is 3.22. The molecule has 1 atom stereocenters. The minimum atomic E-state index is 0.0251. The number of nitrogens with two attached hydrogens (primary N) is 1. The van der Waals surface area contributed by atoms with Crippen LogP contribution in [-0.4, -0.2) is 28.8 Å². The lowest BCUT2D eigenvalue weighted by atomic mass is 10.1. The average molecular weight is 272 g/mol. The monoisotopic (exact) mass is 272 g/mol. The number of amides is 1. The second-order valence-electron chi connectivity index (χ2n) is 4.94. The van der Waals surface area contributed by atoms with Gasteiger partial charge in [-0.2, -0.15) is 5.10 Å².